The molecule has 0 unspecified atom stereocenters. The molecule has 1 N–H and O–H groups in total. The first kappa shape index (κ1) is 18.3. The number of allylic oxidation sites excluding steroid dienone is 4. The van der Waals surface area contributed by atoms with E-state index in [2.05, 4.69) is 95.9 Å². The van der Waals surface area contributed by atoms with Gasteiger partial charge in [-0.05, 0) is 34.1 Å². The minimum Gasteiger partial charge on any atom is -0.382 e. The molecular formula is C21H31N. The van der Waals surface area contributed by atoms with Crippen LogP contribution in [0, 0.1) is 5.41 Å². The van der Waals surface area contributed by atoms with Crippen LogP contribution in [-0.2, 0) is 5.41 Å². The number of hydrogen-bond acceptors (Lipinski definition) is 1. The normalized spacial score (nSPS) is 13.5. The summed E-state index contributed by atoms with van der Waals surface area (Å²) in [7, 11) is 0. The quantitative estimate of drug-likeness (QED) is 0.646. The van der Waals surface area contributed by atoms with Crippen molar-refractivity contribution in [3.05, 3.63) is 66.3 Å². The van der Waals surface area contributed by atoms with Crippen molar-refractivity contribution in [1.29, 1.82) is 0 Å². The average Bonchev–Trinajstić information content (AvgIpc) is 2.40. The monoisotopic (exact) mass is 297 g/mol. The van der Waals surface area contributed by atoms with E-state index in [1.165, 1.54) is 11.1 Å². The second-order valence-corrected chi connectivity index (χ2v) is 7.72. The van der Waals surface area contributed by atoms with Gasteiger partial charge in [-0.15, -0.1) is 0 Å². The Morgan fingerprint density at radius 3 is 2.09 bits per heavy atom. The summed E-state index contributed by atoms with van der Waals surface area (Å²) in [6.45, 7) is 18.0. The third-order valence-corrected chi connectivity index (χ3v) is 3.64. The maximum atomic E-state index is 3.79. The predicted molar refractivity (Wildman–Crippen MR) is 101 cm³/mol. The lowest BCUT2D eigenvalue weighted by atomic mass is 9.86. The largest absolute Gasteiger partial charge is 0.382 e. The van der Waals surface area contributed by atoms with Gasteiger partial charge in [0.25, 0.3) is 0 Å². The molecule has 1 heteroatoms. The molecule has 0 saturated heterocycles. The van der Waals surface area contributed by atoms with E-state index in [-0.39, 0.29) is 10.8 Å². The van der Waals surface area contributed by atoms with E-state index < -0.39 is 0 Å². The van der Waals surface area contributed by atoms with Crippen molar-refractivity contribution in [2.45, 2.75) is 47.0 Å². The van der Waals surface area contributed by atoms with Crippen molar-refractivity contribution in [2.75, 3.05) is 11.9 Å². The first-order chi connectivity index (χ1) is 10.1. The number of anilines is 1. The lowest BCUT2D eigenvalue weighted by molar-refractivity contribution is 0.517. The summed E-state index contributed by atoms with van der Waals surface area (Å²) in [6.07, 6.45) is 8.27. The zero-order valence-electron chi connectivity index (χ0n) is 15.0. The average molecular weight is 297 g/mol. The van der Waals surface area contributed by atoms with Gasteiger partial charge in [-0.25, -0.2) is 0 Å². The summed E-state index contributed by atoms with van der Waals surface area (Å²) in [5, 5.41) is 3.43. The molecule has 0 radical (unpaired) electrons. The van der Waals surface area contributed by atoms with E-state index in [0.29, 0.717) is 0 Å². The van der Waals surface area contributed by atoms with Gasteiger partial charge in [0.15, 0.2) is 0 Å². The predicted octanol–water partition coefficient (Wildman–Crippen LogP) is 6.11. The maximum absolute atomic E-state index is 3.79. The van der Waals surface area contributed by atoms with Crippen molar-refractivity contribution in [3.8, 4) is 0 Å². The van der Waals surface area contributed by atoms with Gasteiger partial charge in [-0.1, -0.05) is 84.6 Å². The Morgan fingerprint density at radius 2 is 1.64 bits per heavy atom. The van der Waals surface area contributed by atoms with Crippen molar-refractivity contribution in [2.24, 2.45) is 5.41 Å². The van der Waals surface area contributed by atoms with Crippen LogP contribution in [0.1, 0.15) is 47.1 Å². The van der Waals surface area contributed by atoms with Crippen molar-refractivity contribution < 1.29 is 0 Å². The van der Waals surface area contributed by atoms with Gasteiger partial charge in [-0.2, -0.15) is 0 Å². The van der Waals surface area contributed by atoms with E-state index in [0.717, 1.165) is 12.2 Å². The van der Waals surface area contributed by atoms with Crippen LogP contribution in [0.2, 0.25) is 0 Å². The van der Waals surface area contributed by atoms with Crippen LogP contribution >= 0.6 is 0 Å². The zero-order valence-corrected chi connectivity index (χ0v) is 15.0. The van der Waals surface area contributed by atoms with Crippen LogP contribution in [-0.4, -0.2) is 6.54 Å². The Bertz CT molecular complexity index is 531. The van der Waals surface area contributed by atoms with E-state index >= 15 is 0 Å². The SMILES string of the molecule is C=C/C=C(\C=C/CNc1ccc(C(C)(C)C)cc1)C(C)(C)C. The Balaban J connectivity index is 2.62. The molecule has 0 amide bonds. The molecule has 0 aliphatic rings. The number of rotatable bonds is 5. The van der Waals surface area contributed by atoms with Crippen LogP contribution < -0.4 is 5.32 Å². The molecule has 0 saturated carbocycles. The third kappa shape index (κ3) is 5.93. The Morgan fingerprint density at radius 1 is 1.05 bits per heavy atom. The highest BCUT2D eigenvalue weighted by Crippen LogP contribution is 2.26. The van der Waals surface area contributed by atoms with Gasteiger partial charge in [0.05, 0.1) is 0 Å². The summed E-state index contributed by atoms with van der Waals surface area (Å²) in [5.74, 6) is 0. The minimum absolute atomic E-state index is 0.138. The molecule has 0 spiro atoms. The fraction of sp³-hybridized carbons (Fsp3) is 0.429. The molecule has 0 bridgehead atoms. The Hall–Kier alpha value is -1.76. The molecule has 1 rings (SSSR count). The number of hydrogen-bond donors (Lipinski definition) is 1. The molecule has 22 heavy (non-hydrogen) atoms. The van der Waals surface area contributed by atoms with Crippen molar-refractivity contribution >= 4 is 5.69 Å². The molecule has 0 fully saturated rings. The Kier molecular flexibility index (Phi) is 6.22. The van der Waals surface area contributed by atoms with Crippen LogP contribution in [0.25, 0.3) is 0 Å². The van der Waals surface area contributed by atoms with Crippen LogP contribution in [0.15, 0.2) is 60.7 Å². The summed E-state index contributed by atoms with van der Waals surface area (Å²) in [6, 6.07) is 8.70. The molecule has 0 atom stereocenters. The molecule has 120 valence electrons. The second kappa shape index (κ2) is 7.49. The minimum atomic E-state index is 0.138. The summed E-state index contributed by atoms with van der Waals surface area (Å²) < 4.78 is 0. The topological polar surface area (TPSA) is 12.0 Å². The summed E-state index contributed by atoms with van der Waals surface area (Å²) in [4.78, 5) is 0. The van der Waals surface area contributed by atoms with Gasteiger partial charge in [0, 0.05) is 12.2 Å². The third-order valence-electron chi connectivity index (χ3n) is 3.64. The maximum Gasteiger partial charge on any atom is 0.0342 e. The van der Waals surface area contributed by atoms with Crippen molar-refractivity contribution in [3.63, 3.8) is 0 Å². The highest BCUT2D eigenvalue weighted by molar-refractivity contribution is 5.46. The van der Waals surface area contributed by atoms with Crippen LogP contribution in [0.5, 0.6) is 0 Å². The fourth-order valence-electron chi connectivity index (χ4n) is 2.13. The molecule has 0 heterocycles. The Labute approximate surface area is 136 Å². The van der Waals surface area contributed by atoms with Gasteiger partial charge in [-0.3, -0.25) is 0 Å². The van der Waals surface area contributed by atoms with Gasteiger partial charge >= 0.3 is 0 Å². The van der Waals surface area contributed by atoms with E-state index in [1.807, 2.05) is 6.08 Å². The number of nitrogens with one attached hydrogen (secondary N) is 1. The molecule has 0 aliphatic carbocycles. The molecule has 1 aromatic rings. The van der Waals surface area contributed by atoms with E-state index in [9.17, 15) is 0 Å². The summed E-state index contributed by atoms with van der Waals surface area (Å²) in [5.41, 5.74) is 4.14. The lowest BCUT2D eigenvalue weighted by Gasteiger charge is -2.20. The highest BCUT2D eigenvalue weighted by Gasteiger charge is 2.13. The second-order valence-electron chi connectivity index (χ2n) is 7.72. The standard InChI is InChI=1S/C21H31N/c1-8-10-17(20(2,3)4)11-9-16-22-19-14-12-18(13-15-19)21(5,6)7/h8-15,22H,1,16H2,2-7H3/b11-9-,17-10+. The van der Waals surface area contributed by atoms with Crippen molar-refractivity contribution in [1.82, 2.24) is 0 Å². The zero-order chi connectivity index (χ0) is 16.8. The van der Waals surface area contributed by atoms with Gasteiger partial charge in [0.1, 0.15) is 0 Å². The molecule has 0 aliphatic heterocycles. The molecule has 0 aromatic heterocycles. The molecule has 1 nitrogen and oxygen atoms in total. The molecular weight excluding hydrogens is 266 g/mol. The van der Waals surface area contributed by atoms with Crippen LogP contribution in [0.4, 0.5) is 5.69 Å². The lowest BCUT2D eigenvalue weighted by Crippen LogP contribution is -2.11. The van der Waals surface area contributed by atoms with Gasteiger partial charge in [0.2, 0.25) is 0 Å². The van der Waals surface area contributed by atoms with Gasteiger partial charge < -0.3 is 5.32 Å². The fourth-order valence-corrected chi connectivity index (χ4v) is 2.13. The first-order valence-corrected chi connectivity index (χ1v) is 7.99. The van der Waals surface area contributed by atoms with E-state index in [4.69, 9.17) is 0 Å². The smallest absolute Gasteiger partial charge is 0.0342 e. The highest BCUT2D eigenvalue weighted by atomic mass is 14.8. The number of benzene rings is 1. The summed E-state index contributed by atoms with van der Waals surface area (Å²) >= 11 is 0. The van der Waals surface area contributed by atoms with Crippen LogP contribution in [0.3, 0.4) is 0 Å². The first-order valence-electron chi connectivity index (χ1n) is 7.99. The molecule has 1 aromatic carbocycles. The van der Waals surface area contributed by atoms with E-state index in [1.54, 1.807) is 0 Å².